The molecule has 2 aromatic carbocycles. The van der Waals surface area contributed by atoms with Crippen LogP contribution in [0.5, 0.6) is 0 Å². The maximum absolute atomic E-state index is 13.1. The number of hydrogen-bond donors (Lipinski definition) is 1. The van der Waals surface area contributed by atoms with E-state index in [1.807, 2.05) is 4.90 Å². The van der Waals surface area contributed by atoms with Gasteiger partial charge in [0.05, 0.1) is 6.04 Å². The first-order chi connectivity index (χ1) is 17.1. The third kappa shape index (κ3) is 5.22. The van der Waals surface area contributed by atoms with Gasteiger partial charge in [-0.2, -0.15) is 0 Å². The summed E-state index contributed by atoms with van der Waals surface area (Å²) < 4.78 is 0. The van der Waals surface area contributed by atoms with Crippen molar-refractivity contribution in [3.05, 3.63) is 82.1 Å². The van der Waals surface area contributed by atoms with E-state index < -0.39 is 0 Å². The van der Waals surface area contributed by atoms with E-state index in [-0.39, 0.29) is 17.9 Å². The Morgan fingerprint density at radius 3 is 2.63 bits per heavy atom. The van der Waals surface area contributed by atoms with E-state index >= 15 is 0 Å². The van der Waals surface area contributed by atoms with Crippen molar-refractivity contribution in [2.45, 2.75) is 83.6 Å². The van der Waals surface area contributed by atoms with E-state index in [4.69, 9.17) is 0 Å². The van der Waals surface area contributed by atoms with Gasteiger partial charge in [-0.3, -0.25) is 9.59 Å². The van der Waals surface area contributed by atoms with Crippen molar-refractivity contribution in [2.75, 3.05) is 6.54 Å². The number of allylic oxidation sites excluding steroid dienone is 2. The minimum atomic E-state index is -0.131. The van der Waals surface area contributed by atoms with Crippen molar-refractivity contribution in [1.29, 1.82) is 0 Å². The van der Waals surface area contributed by atoms with Crippen molar-refractivity contribution in [3.8, 4) is 0 Å². The molecule has 35 heavy (non-hydrogen) atoms. The highest BCUT2D eigenvalue weighted by Gasteiger charge is 2.30. The number of hydrogen-bond acceptors (Lipinski definition) is 2. The van der Waals surface area contributed by atoms with Crippen LogP contribution < -0.4 is 5.32 Å². The minimum Gasteiger partial charge on any atom is -0.345 e. The minimum absolute atomic E-state index is 0.0285. The average Bonchev–Trinajstić information content (AvgIpc) is 3.05. The molecule has 1 N–H and O–H groups in total. The summed E-state index contributed by atoms with van der Waals surface area (Å²) in [5.41, 5.74) is 7.61. The maximum Gasteiger partial charge on any atom is 0.226 e. The van der Waals surface area contributed by atoms with Crippen molar-refractivity contribution < 1.29 is 9.59 Å². The topological polar surface area (TPSA) is 49.4 Å². The molecule has 2 atom stereocenters. The Kier molecular flexibility index (Phi) is 7.36. The van der Waals surface area contributed by atoms with Crippen molar-refractivity contribution in [3.63, 3.8) is 0 Å². The predicted molar refractivity (Wildman–Crippen MR) is 140 cm³/mol. The van der Waals surface area contributed by atoms with Gasteiger partial charge in [-0.15, -0.1) is 0 Å². The smallest absolute Gasteiger partial charge is 0.226 e. The summed E-state index contributed by atoms with van der Waals surface area (Å²) in [6, 6.07) is 15.1. The number of nitrogens with one attached hydrogen (secondary N) is 1. The standard InChI is InChI=1S/C31H38N2O2/c1-2-22-16-17-24-19-18-23-9-3-5-12-26(23)31(27(24)21-22)32-29(34)14-7-15-30(35)33-20-8-11-25-10-4-6-13-28(25)33/h3,5,9,12-13,16-17,21,25,31H,2,4,6-8,10-11,14-15,18-20H2,1H3,(H,32,34). The van der Waals surface area contributed by atoms with Gasteiger partial charge in [0.2, 0.25) is 11.8 Å². The quantitative estimate of drug-likeness (QED) is 0.560. The molecule has 4 nitrogen and oxygen atoms in total. The molecule has 5 rings (SSSR count). The van der Waals surface area contributed by atoms with Gasteiger partial charge in [0.15, 0.2) is 0 Å². The van der Waals surface area contributed by atoms with E-state index in [9.17, 15) is 9.59 Å². The van der Waals surface area contributed by atoms with Crippen molar-refractivity contribution in [1.82, 2.24) is 10.2 Å². The summed E-state index contributed by atoms with van der Waals surface area (Å²) in [6.45, 7) is 3.01. The molecule has 2 aromatic rings. The highest BCUT2D eigenvalue weighted by Crippen LogP contribution is 2.36. The highest BCUT2D eigenvalue weighted by molar-refractivity contribution is 5.80. The third-order valence-electron chi connectivity index (χ3n) is 8.13. The van der Waals surface area contributed by atoms with Gasteiger partial charge in [0.1, 0.15) is 0 Å². The van der Waals surface area contributed by atoms with Gasteiger partial charge in [-0.05, 0) is 91.5 Å². The lowest BCUT2D eigenvalue weighted by Gasteiger charge is -2.38. The second-order valence-electron chi connectivity index (χ2n) is 10.4. The number of carbonyl (C=O) groups is 2. The Morgan fingerprint density at radius 1 is 0.971 bits per heavy atom. The monoisotopic (exact) mass is 470 g/mol. The van der Waals surface area contributed by atoms with Gasteiger partial charge in [-0.1, -0.05) is 55.5 Å². The normalized spacial score (nSPS) is 21.2. The number of likely N-dealkylation sites (tertiary alicyclic amines) is 1. The van der Waals surface area contributed by atoms with Crippen LogP contribution in [-0.2, 0) is 28.9 Å². The van der Waals surface area contributed by atoms with Crippen LogP contribution in [0.2, 0.25) is 0 Å². The fourth-order valence-electron chi connectivity index (χ4n) is 6.21. The number of nitrogens with zero attached hydrogens (tertiary/aromatic N) is 1. The molecule has 0 aromatic heterocycles. The second kappa shape index (κ2) is 10.8. The number of fused-ring (bicyclic) bond motifs is 3. The van der Waals surface area contributed by atoms with Gasteiger partial charge in [0.25, 0.3) is 0 Å². The number of benzene rings is 2. The van der Waals surface area contributed by atoms with E-state index in [1.165, 1.54) is 52.8 Å². The zero-order valence-corrected chi connectivity index (χ0v) is 21.0. The lowest BCUT2D eigenvalue weighted by Crippen LogP contribution is -2.39. The predicted octanol–water partition coefficient (Wildman–Crippen LogP) is 6.03. The second-order valence-corrected chi connectivity index (χ2v) is 10.4. The molecule has 3 aliphatic rings. The summed E-state index contributed by atoms with van der Waals surface area (Å²) in [5, 5.41) is 3.35. The third-order valence-corrected chi connectivity index (χ3v) is 8.13. The molecule has 1 saturated heterocycles. The lowest BCUT2D eigenvalue weighted by molar-refractivity contribution is -0.130. The van der Waals surface area contributed by atoms with Crippen LogP contribution in [0, 0.1) is 5.92 Å². The number of carbonyl (C=O) groups excluding carboxylic acids is 2. The molecule has 2 aliphatic carbocycles. The molecule has 1 heterocycles. The summed E-state index contributed by atoms with van der Waals surface area (Å²) >= 11 is 0. The number of aryl methyl sites for hydroxylation is 3. The molecular weight excluding hydrogens is 432 g/mol. The fourth-order valence-corrected chi connectivity index (χ4v) is 6.21. The van der Waals surface area contributed by atoms with Crippen LogP contribution in [0.3, 0.4) is 0 Å². The first-order valence-corrected chi connectivity index (χ1v) is 13.6. The summed E-state index contributed by atoms with van der Waals surface area (Å²) in [5.74, 6) is 0.780. The van der Waals surface area contributed by atoms with Crippen molar-refractivity contribution in [2.24, 2.45) is 5.92 Å². The summed E-state index contributed by atoms with van der Waals surface area (Å²) in [4.78, 5) is 28.2. The van der Waals surface area contributed by atoms with Crippen molar-refractivity contribution >= 4 is 11.8 Å². The SMILES string of the molecule is CCc1ccc2c(c1)C(NC(=O)CCCC(=O)N1CCCC3CCCC=C31)c1ccccc1CC2. The zero-order chi connectivity index (χ0) is 24.2. The van der Waals surface area contributed by atoms with Crippen LogP contribution in [0.25, 0.3) is 0 Å². The van der Waals surface area contributed by atoms with E-state index in [1.54, 1.807) is 0 Å². The lowest BCUT2D eigenvalue weighted by atomic mass is 9.85. The zero-order valence-electron chi connectivity index (χ0n) is 21.0. The van der Waals surface area contributed by atoms with Crippen LogP contribution in [0.1, 0.15) is 92.1 Å². The molecule has 1 fully saturated rings. The van der Waals surface area contributed by atoms with E-state index in [2.05, 4.69) is 60.8 Å². The molecule has 2 amide bonds. The van der Waals surface area contributed by atoms with E-state index in [0.717, 1.165) is 38.6 Å². The highest BCUT2D eigenvalue weighted by atomic mass is 16.2. The fraction of sp³-hybridized carbons (Fsp3) is 0.484. The number of rotatable bonds is 6. The van der Waals surface area contributed by atoms with Gasteiger partial charge in [0, 0.05) is 25.1 Å². The number of piperidine rings is 1. The average molecular weight is 471 g/mol. The van der Waals surface area contributed by atoms with Gasteiger partial charge < -0.3 is 10.2 Å². The first-order valence-electron chi connectivity index (χ1n) is 13.6. The molecule has 0 spiro atoms. The molecule has 0 saturated carbocycles. The van der Waals surface area contributed by atoms with Crippen LogP contribution in [0.15, 0.2) is 54.2 Å². The molecule has 2 unspecified atom stereocenters. The van der Waals surface area contributed by atoms with Crippen LogP contribution in [0.4, 0.5) is 0 Å². The molecule has 1 aliphatic heterocycles. The number of amides is 2. The molecular formula is C31H38N2O2. The summed E-state index contributed by atoms with van der Waals surface area (Å²) in [6.07, 6.45) is 12.5. The van der Waals surface area contributed by atoms with Gasteiger partial charge >= 0.3 is 0 Å². The van der Waals surface area contributed by atoms with Gasteiger partial charge in [-0.25, -0.2) is 0 Å². The molecule has 0 radical (unpaired) electrons. The van der Waals surface area contributed by atoms with Crippen LogP contribution >= 0.6 is 0 Å². The van der Waals surface area contributed by atoms with Crippen LogP contribution in [-0.4, -0.2) is 23.3 Å². The molecule has 0 bridgehead atoms. The molecule has 184 valence electrons. The Hall–Kier alpha value is -2.88. The Bertz CT molecular complexity index is 1120. The van der Waals surface area contributed by atoms with E-state index in [0.29, 0.717) is 25.2 Å². The first kappa shape index (κ1) is 23.8. The summed E-state index contributed by atoms with van der Waals surface area (Å²) in [7, 11) is 0. The molecule has 4 heteroatoms. The Morgan fingerprint density at radius 2 is 1.77 bits per heavy atom. The maximum atomic E-state index is 13.1. The largest absolute Gasteiger partial charge is 0.345 e. The Labute approximate surface area is 209 Å². The Balaban J connectivity index is 1.25.